The summed E-state index contributed by atoms with van der Waals surface area (Å²) < 4.78 is 15.3. The van der Waals surface area contributed by atoms with Crippen LogP contribution in [0.15, 0.2) is 11.4 Å². The fourth-order valence-electron chi connectivity index (χ4n) is 1.71. The van der Waals surface area contributed by atoms with Crippen LogP contribution in [-0.4, -0.2) is 42.1 Å². The first-order valence-corrected chi connectivity index (χ1v) is 6.85. The first-order chi connectivity index (χ1) is 9.13. The van der Waals surface area contributed by atoms with Crippen molar-refractivity contribution in [3.63, 3.8) is 0 Å². The minimum absolute atomic E-state index is 0.154. The number of carbonyl (C=O) groups excluding carboxylic acids is 1. The van der Waals surface area contributed by atoms with Gasteiger partial charge in [0.15, 0.2) is 12.4 Å². The van der Waals surface area contributed by atoms with Crippen molar-refractivity contribution < 1.29 is 29.2 Å². The van der Waals surface area contributed by atoms with E-state index in [1.165, 1.54) is 11.3 Å². The van der Waals surface area contributed by atoms with E-state index in [1.807, 2.05) is 0 Å². The number of aliphatic hydroxyl groups is 2. The van der Waals surface area contributed by atoms with Crippen molar-refractivity contribution in [1.82, 2.24) is 0 Å². The Morgan fingerprint density at radius 1 is 1.53 bits per heavy atom. The van der Waals surface area contributed by atoms with Crippen LogP contribution in [0.3, 0.4) is 0 Å². The lowest BCUT2D eigenvalue weighted by atomic mass is 10.1. The standard InChI is InChI=1S/C12H16O6S/c1-2-16-11(15)10(14)9(13)7-5-8(19-6-7)12-17-3-4-18-12/h5-6,9-10,12-14H,2-4H2,1H3. The fraction of sp³-hybridized carbons (Fsp3) is 0.583. The van der Waals surface area contributed by atoms with E-state index in [0.29, 0.717) is 18.8 Å². The highest BCUT2D eigenvalue weighted by molar-refractivity contribution is 7.10. The lowest BCUT2D eigenvalue weighted by Crippen LogP contribution is -2.29. The third-order valence-electron chi connectivity index (χ3n) is 2.66. The first kappa shape index (κ1) is 14.4. The summed E-state index contributed by atoms with van der Waals surface area (Å²) in [5, 5.41) is 21.2. The van der Waals surface area contributed by atoms with E-state index < -0.39 is 24.5 Å². The molecule has 2 N–H and O–H groups in total. The van der Waals surface area contributed by atoms with Crippen LogP contribution in [0.2, 0.25) is 0 Å². The van der Waals surface area contributed by atoms with Gasteiger partial charge in [-0.05, 0) is 23.9 Å². The molecule has 1 aromatic rings. The second-order valence-electron chi connectivity index (χ2n) is 4.00. The van der Waals surface area contributed by atoms with Gasteiger partial charge in [0.2, 0.25) is 0 Å². The van der Waals surface area contributed by atoms with Crippen molar-refractivity contribution in [2.45, 2.75) is 25.4 Å². The van der Waals surface area contributed by atoms with E-state index >= 15 is 0 Å². The molecule has 2 unspecified atom stereocenters. The van der Waals surface area contributed by atoms with Crippen LogP contribution in [0.25, 0.3) is 0 Å². The predicted octanol–water partition coefficient (Wildman–Crippen LogP) is 0.751. The van der Waals surface area contributed by atoms with E-state index in [2.05, 4.69) is 4.74 Å². The normalized spacial score (nSPS) is 19.3. The van der Waals surface area contributed by atoms with E-state index in [9.17, 15) is 15.0 Å². The van der Waals surface area contributed by atoms with Crippen LogP contribution in [-0.2, 0) is 19.0 Å². The molecule has 0 amide bonds. The number of carbonyl (C=O) groups is 1. The van der Waals surface area contributed by atoms with Crippen LogP contribution in [0, 0.1) is 0 Å². The number of hydrogen-bond donors (Lipinski definition) is 2. The maximum absolute atomic E-state index is 11.3. The Kier molecular flexibility index (Phi) is 4.89. The largest absolute Gasteiger partial charge is 0.464 e. The number of ether oxygens (including phenoxy) is 3. The summed E-state index contributed by atoms with van der Waals surface area (Å²) in [7, 11) is 0. The SMILES string of the molecule is CCOC(=O)C(O)C(O)c1csc(C2OCCO2)c1. The van der Waals surface area contributed by atoms with E-state index in [4.69, 9.17) is 9.47 Å². The second kappa shape index (κ2) is 6.44. The molecule has 1 fully saturated rings. The number of esters is 1. The van der Waals surface area contributed by atoms with E-state index in [0.717, 1.165) is 4.88 Å². The molecule has 2 atom stereocenters. The summed E-state index contributed by atoms with van der Waals surface area (Å²) in [6.45, 7) is 2.85. The van der Waals surface area contributed by atoms with E-state index in [-0.39, 0.29) is 6.61 Å². The molecule has 2 rings (SSSR count). The third kappa shape index (κ3) is 3.31. The minimum atomic E-state index is -1.59. The number of rotatable bonds is 5. The van der Waals surface area contributed by atoms with Crippen molar-refractivity contribution >= 4 is 17.3 Å². The summed E-state index contributed by atoms with van der Waals surface area (Å²) in [4.78, 5) is 12.1. The van der Waals surface area contributed by atoms with Gasteiger partial charge in [0.25, 0.3) is 0 Å². The molecule has 1 saturated heterocycles. The molecule has 0 aromatic carbocycles. The van der Waals surface area contributed by atoms with Gasteiger partial charge >= 0.3 is 5.97 Å². The van der Waals surface area contributed by atoms with Crippen molar-refractivity contribution in [2.24, 2.45) is 0 Å². The van der Waals surface area contributed by atoms with Gasteiger partial charge in [-0.2, -0.15) is 0 Å². The van der Waals surface area contributed by atoms with Crippen molar-refractivity contribution in [2.75, 3.05) is 19.8 Å². The molecule has 2 heterocycles. The monoisotopic (exact) mass is 288 g/mol. The van der Waals surface area contributed by atoms with Gasteiger partial charge < -0.3 is 24.4 Å². The number of aliphatic hydroxyl groups excluding tert-OH is 2. The molecule has 7 heteroatoms. The summed E-state index contributed by atoms with van der Waals surface area (Å²) in [5.74, 6) is -0.837. The Bertz CT molecular complexity index is 426. The second-order valence-corrected chi connectivity index (χ2v) is 4.94. The quantitative estimate of drug-likeness (QED) is 0.778. The maximum Gasteiger partial charge on any atom is 0.338 e. The zero-order chi connectivity index (χ0) is 13.8. The van der Waals surface area contributed by atoms with Gasteiger partial charge in [-0.25, -0.2) is 4.79 Å². The predicted molar refractivity (Wildman–Crippen MR) is 66.6 cm³/mol. The van der Waals surface area contributed by atoms with Crippen molar-refractivity contribution in [3.05, 3.63) is 21.9 Å². The molecule has 1 aliphatic rings. The Balaban J connectivity index is 2.02. The lowest BCUT2D eigenvalue weighted by Gasteiger charge is -2.15. The van der Waals surface area contributed by atoms with Crippen LogP contribution in [0.1, 0.15) is 29.8 Å². The molecule has 1 aromatic heterocycles. The summed E-state index contributed by atoms with van der Waals surface area (Å²) >= 11 is 1.34. The molecule has 106 valence electrons. The van der Waals surface area contributed by atoms with Gasteiger partial charge in [0.05, 0.1) is 24.7 Å². The zero-order valence-electron chi connectivity index (χ0n) is 10.4. The molecule has 6 nitrogen and oxygen atoms in total. The first-order valence-electron chi connectivity index (χ1n) is 5.97. The molecule has 0 saturated carbocycles. The Morgan fingerprint density at radius 3 is 2.84 bits per heavy atom. The summed E-state index contributed by atoms with van der Waals surface area (Å²) in [6.07, 6.45) is -3.33. The highest BCUT2D eigenvalue weighted by Gasteiger charge is 2.29. The smallest absolute Gasteiger partial charge is 0.338 e. The van der Waals surface area contributed by atoms with Gasteiger partial charge in [0, 0.05) is 0 Å². The van der Waals surface area contributed by atoms with Gasteiger partial charge in [0.1, 0.15) is 6.10 Å². The van der Waals surface area contributed by atoms with Crippen LogP contribution >= 0.6 is 11.3 Å². The summed E-state index contributed by atoms with van der Waals surface area (Å²) in [5.41, 5.74) is 0.444. The molecular formula is C12H16O6S. The lowest BCUT2D eigenvalue weighted by molar-refractivity contribution is -0.159. The molecule has 0 radical (unpaired) electrons. The van der Waals surface area contributed by atoms with Gasteiger partial charge in [-0.15, -0.1) is 11.3 Å². The van der Waals surface area contributed by atoms with Crippen molar-refractivity contribution in [3.8, 4) is 0 Å². The van der Waals surface area contributed by atoms with Crippen LogP contribution in [0.4, 0.5) is 0 Å². The highest BCUT2D eigenvalue weighted by Crippen LogP contribution is 2.32. The highest BCUT2D eigenvalue weighted by atomic mass is 32.1. The molecule has 0 spiro atoms. The van der Waals surface area contributed by atoms with Crippen LogP contribution < -0.4 is 0 Å². The average Bonchev–Trinajstić information content (AvgIpc) is 3.07. The minimum Gasteiger partial charge on any atom is -0.464 e. The Morgan fingerprint density at radius 2 is 2.21 bits per heavy atom. The fourth-order valence-corrected chi connectivity index (χ4v) is 2.64. The molecule has 0 aliphatic carbocycles. The Labute approximate surface area is 114 Å². The molecular weight excluding hydrogens is 272 g/mol. The molecule has 0 bridgehead atoms. The average molecular weight is 288 g/mol. The molecule has 19 heavy (non-hydrogen) atoms. The Hall–Kier alpha value is -0.990. The topological polar surface area (TPSA) is 85.2 Å². The number of thiophene rings is 1. The summed E-state index contributed by atoms with van der Waals surface area (Å²) in [6, 6.07) is 1.66. The molecule has 1 aliphatic heterocycles. The van der Waals surface area contributed by atoms with Gasteiger partial charge in [-0.1, -0.05) is 0 Å². The zero-order valence-corrected chi connectivity index (χ0v) is 11.3. The van der Waals surface area contributed by atoms with E-state index in [1.54, 1.807) is 18.4 Å². The van der Waals surface area contributed by atoms with Crippen molar-refractivity contribution in [1.29, 1.82) is 0 Å². The van der Waals surface area contributed by atoms with Gasteiger partial charge in [-0.3, -0.25) is 0 Å². The van der Waals surface area contributed by atoms with Crippen LogP contribution in [0.5, 0.6) is 0 Å². The number of hydrogen-bond acceptors (Lipinski definition) is 7. The third-order valence-corrected chi connectivity index (χ3v) is 3.64. The maximum atomic E-state index is 11.3.